The number of likely N-dealkylation sites (tertiary alicyclic amines) is 1. The summed E-state index contributed by atoms with van der Waals surface area (Å²) < 4.78 is 5.39. The first-order valence-electron chi connectivity index (χ1n) is 10.1. The third kappa shape index (κ3) is 3.12. The Hall–Kier alpha value is -3.60. The number of β-lactam (4-membered cyclic amide) rings is 1. The second kappa shape index (κ2) is 7.67. The minimum Gasteiger partial charge on any atom is -0.447 e. The van der Waals surface area contributed by atoms with Gasteiger partial charge in [0.15, 0.2) is 0 Å². The molecule has 2 amide bonds. The van der Waals surface area contributed by atoms with Gasteiger partial charge in [0.05, 0.1) is 12.1 Å². The molecule has 0 N–H and O–H groups in total. The number of ether oxygens (including phenoxy) is 1. The second-order valence-electron chi connectivity index (χ2n) is 7.66. The predicted molar refractivity (Wildman–Crippen MR) is 112 cm³/mol. The van der Waals surface area contributed by atoms with Crippen molar-refractivity contribution >= 4 is 12.0 Å². The summed E-state index contributed by atoms with van der Waals surface area (Å²) in [5.74, 6) is -0.0486. The molecule has 0 radical (unpaired) electrons. The van der Waals surface area contributed by atoms with Crippen LogP contribution in [0.25, 0.3) is 0 Å². The first kappa shape index (κ1) is 18.4. The molecule has 0 unspecified atom stereocenters. The van der Waals surface area contributed by atoms with Crippen LogP contribution in [0.4, 0.5) is 4.79 Å². The number of nitrogens with zero attached hydrogens (tertiary/aromatic N) is 2. The molecule has 2 aliphatic rings. The molecule has 0 aromatic heterocycles. The highest BCUT2D eigenvalue weighted by atomic mass is 16.6. The quantitative estimate of drug-likeness (QED) is 0.601. The molecule has 2 fully saturated rings. The van der Waals surface area contributed by atoms with Gasteiger partial charge >= 0.3 is 6.09 Å². The fraction of sp³-hybridized carbons (Fsp3) is 0.200. The lowest BCUT2D eigenvalue weighted by Crippen LogP contribution is -2.65. The van der Waals surface area contributed by atoms with E-state index in [0.29, 0.717) is 6.54 Å². The Kier molecular flexibility index (Phi) is 4.71. The summed E-state index contributed by atoms with van der Waals surface area (Å²) in [5.41, 5.74) is 3.06. The fourth-order valence-corrected chi connectivity index (χ4v) is 4.44. The maximum Gasteiger partial charge on any atom is 0.411 e. The van der Waals surface area contributed by atoms with Gasteiger partial charge in [-0.15, -0.1) is 0 Å². The first-order valence-corrected chi connectivity index (χ1v) is 10.1. The third-order valence-electron chi connectivity index (χ3n) is 5.90. The number of amides is 2. The molecule has 2 saturated heterocycles. The van der Waals surface area contributed by atoms with Crippen LogP contribution in [0.15, 0.2) is 91.0 Å². The Balaban J connectivity index is 1.50. The van der Waals surface area contributed by atoms with Crippen LogP contribution >= 0.6 is 0 Å². The van der Waals surface area contributed by atoms with Crippen molar-refractivity contribution < 1.29 is 14.3 Å². The molecule has 3 aromatic carbocycles. The van der Waals surface area contributed by atoms with Crippen molar-refractivity contribution in [3.8, 4) is 0 Å². The normalized spacial score (nSPS) is 23.3. The average molecular weight is 398 g/mol. The van der Waals surface area contributed by atoms with E-state index in [0.717, 1.165) is 16.7 Å². The Bertz CT molecular complexity index is 1040. The van der Waals surface area contributed by atoms with Gasteiger partial charge in [-0.2, -0.15) is 0 Å². The molecule has 3 aromatic rings. The van der Waals surface area contributed by atoms with E-state index in [1.165, 1.54) is 0 Å². The van der Waals surface area contributed by atoms with E-state index in [1.54, 1.807) is 4.90 Å². The molecule has 150 valence electrons. The summed E-state index contributed by atoms with van der Waals surface area (Å²) >= 11 is 0. The van der Waals surface area contributed by atoms with Crippen LogP contribution in [0.5, 0.6) is 0 Å². The minimum absolute atomic E-state index is 0.0486. The van der Waals surface area contributed by atoms with E-state index < -0.39 is 12.1 Å². The highest BCUT2D eigenvalue weighted by molar-refractivity contribution is 5.93. The van der Waals surface area contributed by atoms with Gasteiger partial charge in [-0.1, -0.05) is 91.0 Å². The molecule has 0 spiro atoms. The van der Waals surface area contributed by atoms with Crippen molar-refractivity contribution in [2.75, 3.05) is 6.61 Å². The lowest BCUT2D eigenvalue weighted by molar-refractivity contribution is -0.160. The third-order valence-corrected chi connectivity index (χ3v) is 5.90. The summed E-state index contributed by atoms with van der Waals surface area (Å²) in [6.45, 7) is 0.765. The summed E-state index contributed by atoms with van der Waals surface area (Å²) in [7, 11) is 0. The fourth-order valence-electron chi connectivity index (χ4n) is 4.44. The van der Waals surface area contributed by atoms with E-state index in [1.807, 2.05) is 95.9 Å². The monoisotopic (exact) mass is 398 g/mol. The van der Waals surface area contributed by atoms with Crippen LogP contribution in [0.3, 0.4) is 0 Å². The lowest BCUT2D eigenvalue weighted by atomic mass is 9.85. The molecule has 5 rings (SSSR count). The summed E-state index contributed by atoms with van der Waals surface area (Å²) in [4.78, 5) is 29.5. The van der Waals surface area contributed by atoms with Crippen LogP contribution in [0.1, 0.15) is 28.8 Å². The van der Waals surface area contributed by atoms with Crippen molar-refractivity contribution in [1.29, 1.82) is 0 Å². The van der Waals surface area contributed by atoms with Gasteiger partial charge in [0.1, 0.15) is 12.6 Å². The minimum atomic E-state index is -0.573. The molecule has 0 bridgehead atoms. The average Bonchev–Trinajstić information content (AvgIpc) is 3.18. The van der Waals surface area contributed by atoms with Crippen molar-refractivity contribution in [2.45, 2.75) is 24.7 Å². The summed E-state index contributed by atoms with van der Waals surface area (Å²) in [6, 6.07) is 28.6. The van der Waals surface area contributed by atoms with Crippen LogP contribution in [0.2, 0.25) is 0 Å². The maximum absolute atomic E-state index is 13.3. The highest BCUT2D eigenvalue weighted by Gasteiger charge is 2.56. The zero-order valence-electron chi connectivity index (χ0n) is 16.4. The Labute approximate surface area is 175 Å². The number of cyclic esters (lactones) is 1. The number of benzene rings is 3. The van der Waals surface area contributed by atoms with Crippen molar-refractivity contribution in [1.82, 2.24) is 9.80 Å². The van der Waals surface area contributed by atoms with Gasteiger partial charge in [0.2, 0.25) is 5.91 Å². The molecule has 0 aliphatic carbocycles. The molecule has 2 aliphatic heterocycles. The van der Waals surface area contributed by atoms with Gasteiger partial charge in [0.25, 0.3) is 0 Å². The second-order valence-corrected chi connectivity index (χ2v) is 7.66. The predicted octanol–water partition coefficient (Wildman–Crippen LogP) is 4.33. The van der Waals surface area contributed by atoms with Gasteiger partial charge in [-0.05, 0) is 16.7 Å². The van der Waals surface area contributed by atoms with Gasteiger partial charge in [-0.3, -0.25) is 9.69 Å². The smallest absolute Gasteiger partial charge is 0.411 e. The van der Waals surface area contributed by atoms with Crippen molar-refractivity contribution in [3.05, 3.63) is 108 Å². The molecule has 2 heterocycles. The van der Waals surface area contributed by atoms with Crippen LogP contribution < -0.4 is 0 Å². The van der Waals surface area contributed by atoms with E-state index in [2.05, 4.69) is 0 Å². The Morgan fingerprint density at radius 1 is 0.733 bits per heavy atom. The van der Waals surface area contributed by atoms with Crippen LogP contribution in [-0.2, 0) is 16.1 Å². The maximum atomic E-state index is 13.3. The largest absolute Gasteiger partial charge is 0.447 e. The zero-order chi connectivity index (χ0) is 20.5. The van der Waals surface area contributed by atoms with E-state index >= 15 is 0 Å². The first-order chi connectivity index (χ1) is 14.7. The number of hydrogen-bond donors (Lipinski definition) is 0. The Morgan fingerprint density at radius 2 is 1.30 bits per heavy atom. The Morgan fingerprint density at radius 3 is 1.93 bits per heavy atom. The number of carbonyl (C=O) groups is 2. The van der Waals surface area contributed by atoms with Gasteiger partial charge in [-0.25, -0.2) is 4.79 Å². The zero-order valence-corrected chi connectivity index (χ0v) is 16.4. The van der Waals surface area contributed by atoms with Gasteiger partial charge in [0, 0.05) is 6.54 Å². The summed E-state index contributed by atoms with van der Waals surface area (Å²) in [6.07, 6.45) is -0.428. The van der Waals surface area contributed by atoms with Crippen molar-refractivity contribution in [2.24, 2.45) is 0 Å². The van der Waals surface area contributed by atoms with Crippen LogP contribution in [0, 0.1) is 0 Å². The standard InChI is InChI=1S/C25H22N2O3/c28-24-23(27-21(17-30-25(27)29)19-12-6-2-7-13-19)22(20-14-8-3-9-15-20)26(24)16-18-10-4-1-5-11-18/h1-15,21-23H,16-17H2/t21-,22-,23+/m1/s1. The molecule has 0 saturated carbocycles. The van der Waals surface area contributed by atoms with E-state index in [9.17, 15) is 9.59 Å². The van der Waals surface area contributed by atoms with Gasteiger partial charge < -0.3 is 9.64 Å². The lowest BCUT2D eigenvalue weighted by Gasteiger charge is -2.51. The molecular weight excluding hydrogens is 376 g/mol. The molecule has 5 heteroatoms. The molecule has 5 nitrogen and oxygen atoms in total. The molecular formula is C25H22N2O3. The van der Waals surface area contributed by atoms with Crippen LogP contribution in [-0.4, -0.2) is 34.4 Å². The topological polar surface area (TPSA) is 49.9 Å². The number of rotatable bonds is 5. The molecule has 30 heavy (non-hydrogen) atoms. The number of hydrogen-bond acceptors (Lipinski definition) is 3. The molecule has 3 atom stereocenters. The highest BCUT2D eigenvalue weighted by Crippen LogP contribution is 2.44. The SMILES string of the molecule is O=C1[C@@H](N2C(=O)OC[C@@H]2c2ccccc2)[C@@H](c2ccccc2)N1Cc1ccccc1. The number of carbonyl (C=O) groups excluding carboxylic acids is 2. The van der Waals surface area contributed by atoms with Crippen molar-refractivity contribution in [3.63, 3.8) is 0 Å². The van der Waals surface area contributed by atoms with E-state index in [4.69, 9.17) is 4.74 Å². The van der Waals surface area contributed by atoms with E-state index in [-0.39, 0.29) is 24.6 Å². The summed E-state index contributed by atoms with van der Waals surface area (Å²) in [5, 5.41) is 0.